The highest BCUT2D eigenvalue weighted by atomic mass is 35.5. The predicted octanol–water partition coefficient (Wildman–Crippen LogP) is 7.64. The zero-order chi connectivity index (χ0) is 45.5. The lowest BCUT2D eigenvalue weighted by Gasteiger charge is -2.39. The molecule has 2 amide bonds. The van der Waals surface area contributed by atoms with Crippen molar-refractivity contribution in [2.24, 2.45) is 5.92 Å². The van der Waals surface area contributed by atoms with Crippen LogP contribution in [0.3, 0.4) is 0 Å². The average Bonchev–Trinajstić information content (AvgIpc) is 3.31. The summed E-state index contributed by atoms with van der Waals surface area (Å²) in [5.41, 5.74) is 2.99. The fourth-order valence-electron chi connectivity index (χ4n) is 8.94. The minimum Gasteiger partial charge on any atom is -0.388 e. The fraction of sp³-hybridized carbons (Fsp3) is 0.373. The van der Waals surface area contributed by atoms with E-state index < -0.39 is 5.60 Å². The van der Waals surface area contributed by atoms with Crippen molar-refractivity contribution in [1.82, 2.24) is 29.2 Å². The summed E-state index contributed by atoms with van der Waals surface area (Å²) >= 11 is 6.59. The number of carbonyl (C=O) groups is 3. The number of pyridine rings is 1. The van der Waals surface area contributed by atoms with Crippen molar-refractivity contribution in [2.45, 2.75) is 63.5 Å². The number of carbonyl (C=O) groups excluding carboxylic acids is 3. The Morgan fingerprint density at radius 2 is 1.58 bits per heavy atom. The molecule has 1 atom stereocenters. The van der Waals surface area contributed by atoms with Crippen LogP contribution >= 0.6 is 11.6 Å². The lowest BCUT2D eigenvalue weighted by molar-refractivity contribution is -0.140. The van der Waals surface area contributed by atoms with Crippen LogP contribution in [0.1, 0.15) is 60.9 Å². The van der Waals surface area contributed by atoms with Gasteiger partial charge in [0.05, 0.1) is 45.6 Å². The van der Waals surface area contributed by atoms with Crippen molar-refractivity contribution in [3.63, 3.8) is 0 Å². The molecule has 8 rings (SSSR count). The smallest absolute Gasteiger partial charge is 0.261 e. The number of fused-ring (bicyclic) bond motifs is 2. The number of hydrogen-bond donors (Lipinski definition) is 2. The molecular formula is C51H55ClFN7O5. The minimum absolute atomic E-state index is 0.0171. The number of rotatable bonds is 16. The minimum atomic E-state index is -1.21. The van der Waals surface area contributed by atoms with Crippen LogP contribution in [0.25, 0.3) is 33.1 Å². The molecule has 4 heterocycles. The Kier molecular flexibility index (Phi) is 14.4. The second-order valence-corrected chi connectivity index (χ2v) is 18.1. The molecule has 6 aromatic rings. The Balaban J connectivity index is 0.849. The molecule has 2 aliphatic heterocycles. The number of aromatic nitrogens is 3. The lowest BCUT2D eigenvalue weighted by atomic mass is 9.88. The van der Waals surface area contributed by atoms with Gasteiger partial charge in [-0.05, 0) is 99.3 Å². The van der Waals surface area contributed by atoms with Gasteiger partial charge in [0.2, 0.25) is 11.8 Å². The second-order valence-electron chi connectivity index (χ2n) is 17.7. The summed E-state index contributed by atoms with van der Waals surface area (Å²) in [7, 11) is 2.10. The van der Waals surface area contributed by atoms with Gasteiger partial charge in [0.15, 0.2) is 5.78 Å². The summed E-state index contributed by atoms with van der Waals surface area (Å²) in [4.78, 5) is 69.6. The summed E-state index contributed by atoms with van der Waals surface area (Å²) in [6.07, 6.45) is 5.14. The van der Waals surface area contributed by atoms with Crippen LogP contribution in [-0.2, 0) is 22.6 Å². The maximum absolute atomic E-state index is 14.2. The first kappa shape index (κ1) is 45.7. The molecule has 14 heteroatoms. The highest BCUT2D eigenvalue weighted by Crippen LogP contribution is 2.31. The van der Waals surface area contributed by atoms with E-state index in [-0.39, 0.29) is 41.4 Å². The molecule has 0 saturated carbocycles. The summed E-state index contributed by atoms with van der Waals surface area (Å²) < 4.78 is 15.0. The molecule has 12 nitrogen and oxygen atoms in total. The van der Waals surface area contributed by atoms with E-state index >= 15 is 0 Å². The van der Waals surface area contributed by atoms with Crippen LogP contribution in [0, 0.1) is 11.7 Å². The third-order valence-electron chi connectivity index (χ3n) is 12.9. The van der Waals surface area contributed by atoms with Crippen molar-refractivity contribution < 1.29 is 23.9 Å². The molecule has 0 spiro atoms. The van der Waals surface area contributed by atoms with Crippen molar-refractivity contribution in [2.75, 3.05) is 58.2 Å². The molecule has 2 saturated heterocycles. The third kappa shape index (κ3) is 11.5. The van der Waals surface area contributed by atoms with Crippen LogP contribution in [0.5, 0.6) is 0 Å². The second kappa shape index (κ2) is 20.5. The number of anilines is 1. The van der Waals surface area contributed by atoms with E-state index in [0.29, 0.717) is 115 Å². The molecular weight excluding hydrogens is 845 g/mol. The Morgan fingerprint density at radius 3 is 2.34 bits per heavy atom. The number of aliphatic hydroxyl groups is 1. The monoisotopic (exact) mass is 899 g/mol. The molecule has 2 aliphatic rings. The van der Waals surface area contributed by atoms with Crippen LogP contribution in [-0.4, -0.2) is 110 Å². The number of halogens is 2. The van der Waals surface area contributed by atoms with Gasteiger partial charge < -0.3 is 25.1 Å². The SMILES string of the molecule is CN1CCN(CCC(=O)Nc2ccc3c(=O)n(CC4(O)CCN(C(=O)C(CCCCC(=O)c5ccc6c(Cl)cc(-c7ccc(F)cc7)nc6c5)Cc5ccccc5)CC4)cnc3c2)CC1. The van der Waals surface area contributed by atoms with E-state index in [4.69, 9.17) is 16.6 Å². The highest BCUT2D eigenvalue weighted by Gasteiger charge is 2.36. The molecule has 0 bridgehead atoms. The topological polar surface area (TPSA) is 141 Å². The number of hydrogen-bond acceptors (Lipinski definition) is 9. The van der Waals surface area contributed by atoms with Crippen molar-refractivity contribution in [1.29, 1.82) is 0 Å². The van der Waals surface area contributed by atoms with Crippen molar-refractivity contribution >= 4 is 56.7 Å². The Bertz CT molecular complexity index is 2720. The number of nitrogens with one attached hydrogen (secondary N) is 1. The fourth-order valence-corrected chi connectivity index (χ4v) is 9.20. The van der Waals surface area contributed by atoms with Gasteiger partial charge >= 0.3 is 0 Å². The number of likely N-dealkylation sites (N-methyl/N-ethyl adjacent to an activating group) is 1. The normalized spacial score (nSPS) is 16.2. The number of unbranched alkanes of at least 4 members (excludes halogenated alkanes) is 1. The van der Waals surface area contributed by atoms with Gasteiger partial charge in [0.25, 0.3) is 5.56 Å². The molecule has 2 N–H and O–H groups in total. The molecule has 65 heavy (non-hydrogen) atoms. The van der Waals surface area contributed by atoms with Gasteiger partial charge in [-0.3, -0.25) is 23.7 Å². The average molecular weight is 900 g/mol. The molecule has 1 unspecified atom stereocenters. The van der Waals surface area contributed by atoms with Crippen molar-refractivity contribution in [3.8, 4) is 11.3 Å². The van der Waals surface area contributed by atoms with E-state index in [2.05, 4.69) is 27.1 Å². The van der Waals surface area contributed by atoms with Crippen LogP contribution in [0.15, 0.2) is 108 Å². The molecule has 0 aliphatic carbocycles. The number of benzene rings is 4. The molecule has 0 radical (unpaired) electrons. The van der Waals surface area contributed by atoms with Crippen LogP contribution < -0.4 is 10.9 Å². The Labute approximate surface area is 383 Å². The van der Waals surface area contributed by atoms with Gasteiger partial charge in [0.1, 0.15) is 5.82 Å². The Hall–Kier alpha value is -5.86. The molecule has 2 fully saturated rings. The molecule has 338 valence electrons. The maximum Gasteiger partial charge on any atom is 0.261 e. The van der Waals surface area contributed by atoms with E-state index in [1.54, 1.807) is 54.6 Å². The maximum atomic E-state index is 14.2. The standard InChI is InChI=1S/C51H55ClFN7O5/c1-57-25-27-58(28-26-57)22-19-48(62)55-40-16-18-42-45(31-40)54-34-60(50(42)64)33-51(65)20-23-59(24-21-51)49(63)38(29-35-7-3-2-4-8-35)9-5-6-10-47(61)37-13-17-41-43(52)32-44(56-46(41)30-37)36-11-14-39(53)15-12-36/h2-4,7-8,11-18,30-32,34,38,65H,5-6,9-10,19-29,33H2,1H3,(H,55,62). The molecule has 2 aromatic heterocycles. The van der Waals surface area contributed by atoms with Gasteiger partial charge in [-0.2, -0.15) is 0 Å². The number of nitrogens with zero attached hydrogens (tertiary/aromatic N) is 6. The van der Waals surface area contributed by atoms with E-state index in [0.717, 1.165) is 37.1 Å². The first-order valence-corrected chi connectivity index (χ1v) is 22.9. The largest absolute Gasteiger partial charge is 0.388 e. The molecule has 4 aromatic carbocycles. The predicted molar refractivity (Wildman–Crippen MR) is 253 cm³/mol. The van der Waals surface area contributed by atoms with Gasteiger partial charge in [-0.25, -0.2) is 14.4 Å². The number of ketones is 1. The summed E-state index contributed by atoms with van der Waals surface area (Å²) in [6.45, 7) is 5.29. The van der Waals surface area contributed by atoms with E-state index in [1.807, 2.05) is 35.2 Å². The summed E-state index contributed by atoms with van der Waals surface area (Å²) in [6, 6.07) is 28.0. The Morgan fingerprint density at radius 1 is 0.846 bits per heavy atom. The van der Waals surface area contributed by atoms with Gasteiger partial charge in [-0.1, -0.05) is 60.5 Å². The number of Topliss-reactive ketones (excluding diaryl/α,β-unsaturated/α-hetero) is 1. The lowest BCUT2D eigenvalue weighted by Crippen LogP contribution is -2.51. The number of piperazine rings is 1. The summed E-state index contributed by atoms with van der Waals surface area (Å²) in [5, 5.41) is 16.3. The zero-order valence-electron chi connectivity index (χ0n) is 36.7. The van der Waals surface area contributed by atoms with Gasteiger partial charge in [-0.15, -0.1) is 0 Å². The quantitative estimate of drug-likeness (QED) is 0.0741. The highest BCUT2D eigenvalue weighted by molar-refractivity contribution is 6.35. The zero-order valence-corrected chi connectivity index (χ0v) is 37.5. The van der Waals surface area contributed by atoms with Gasteiger partial charge in [0, 0.05) is 86.8 Å². The van der Waals surface area contributed by atoms with Crippen LogP contribution in [0.4, 0.5) is 10.1 Å². The first-order valence-electron chi connectivity index (χ1n) is 22.5. The first-order chi connectivity index (χ1) is 31.4. The number of likely N-dealkylation sites (tertiary alicyclic amines) is 1. The van der Waals surface area contributed by atoms with E-state index in [9.17, 15) is 28.7 Å². The number of amides is 2. The van der Waals surface area contributed by atoms with E-state index in [1.165, 1.54) is 23.0 Å². The van der Waals surface area contributed by atoms with Crippen LogP contribution in [0.2, 0.25) is 5.02 Å². The third-order valence-corrected chi connectivity index (χ3v) is 13.2. The summed E-state index contributed by atoms with van der Waals surface area (Å²) in [5.74, 6) is -0.758. The number of piperidine rings is 1. The van der Waals surface area contributed by atoms with Crippen molar-refractivity contribution in [3.05, 3.63) is 136 Å².